The topological polar surface area (TPSA) is 71.1 Å². The smallest absolute Gasteiger partial charge is 0.325 e. The Labute approximate surface area is 171 Å². The Hall–Kier alpha value is -3.22. The number of hydrogen-bond acceptors (Lipinski definition) is 4. The summed E-state index contributed by atoms with van der Waals surface area (Å²) in [6.07, 6.45) is 0. The molecule has 0 spiro atoms. The molecule has 0 saturated carbocycles. The summed E-state index contributed by atoms with van der Waals surface area (Å²) in [4.78, 5) is 28.4. The zero-order valence-corrected chi connectivity index (χ0v) is 17.3. The van der Waals surface area contributed by atoms with Gasteiger partial charge in [-0.1, -0.05) is 26.0 Å². The molecule has 1 N–H and O–H groups in total. The number of amides is 3. The maximum atomic E-state index is 12.9. The maximum absolute atomic E-state index is 12.9. The number of urea groups is 1. The maximum Gasteiger partial charge on any atom is 0.325 e. The molecule has 3 amide bonds. The van der Waals surface area contributed by atoms with Crippen LogP contribution < -0.4 is 19.7 Å². The van der Waals surface area contributed by atoms with Gasteiger partial charge in [0.25, 0.3) is 0 Å². The highest BCUT2D eigenvalue weighted by Crippen LogP contribution is 2.34. The number of nitrogens with zero attached hydrogens (tertiary/aromatic N) is 2. The molecule has 3 rings (SSSR count). The minimum Gasteiger partial charge on any atom is -0.497 e. The number of anilines is 2. The van der Waals surface area contributed by atoms with Crippen molar-refractivity contribution < 1.29 is 19.1 Å². The van der Waals surface area contributed by atoms with Gasteiger partial charge in [0.15, 0.2) is 0 Å². The second kappa shape index (κ2) is 8.86. The van der Waals surface area contributed by atoms with Gasteiger partial charge in [-0.25, -0.2) is 4.79 Å². The first-order valence-electron chi connectivity index (χ1n) is 9.61. The van der Waals surface area contributed by atoms with E-state index < -0.39 is 0 Å². The number of ether oxygens (including phenoxy) is 2. The lowest BCUT2D eigenvalue weighted by atomic mass is 10.0. The van der Waals surface area contributed by atoms with Gasteiger partial charge >= 0.3 is 6.03 Å². The normalized spacial score (nSPS) is 13.8. The summed E-state index contributed by atoms with van der Waals surface area (Å²) >= 11 is 0. The molecule has 0 unspecified atom stereocenters. The summed E-state index contributed by atoms with van der Waals surface area (Å²) in [6, 6.07) is 12.8. The lowest BCUT2D eigenvalue weighted by molar-refractivity contribution is -0.116. The van der Waals surface area contributed by atoms with Gasteiger partial charge in [0.2, 0.25) is 5.91 Å². The molecule has 1 saturated heterocycles. The minimum absolute atomic E-state index is 0.00640. The zero-order valence-electron chi connectivity index (χ0n) is 17.3. The average molecular weight is 397 g/mol. The summed E-state index contributed by atoms with van der Waals surface area (Å²) in [5.41, 5.74) is 2.56. The Kier molecular flexibility index (Phi) is 6.26. The van der Waals surface area contributed by atoms with Crippen molar-refractivity contribution in [2.45, 2.75) is 19.8 Å². The third-order valence-corrected chi connectivity index (χ3v) is 4.97. The Morgan fingerprint density at radius 2 is 1.79 bits per heavy atom. The molecule has 0 atom stereocenters. The van der Waals surface area contributed by atoms with Crippen LogP contribution in [0.3, 0.4) is 0 Å². The van der Waals surface area contributed by atoms with E-state index in [4.69, 9.17) is 9.47 Å². The monoisotopic (exact) mass is 397 g/mol. The molecule has 1 aliphatic heterocycles. The van der Waals surface area contributed by atoms with E-state index in [2.05, 4.69) is 19.2 Å². The second-order valence-corrected chi connectivity index (χ2v) is 7.22. The largest absolute Gasteiger partial charge is 0.497 e. The van der Waals surface area contributed by atoms with Crippen molar-refractivity contribution >= 4 is 23.3 Å². The van der Waals surface area contributed by atoms with Crippen molar-refractivity contribution in [3.8, 4) is 11.5 Å². The molecule has 2 aromatic carbocycles. The van der Waals surface area contributed by atoms with Crippen molar-refractivity contribution in [2.24, 2.45) is 0 Å². The highest BCUT2D eigenvalue weighted by atomic mass is 16.5. The van der Waals surface area contributed by atoms with Gasteiger partial charge in [0.1, 0.15) is 18.0 Å². The predicted octanol–water partition coefficient (Wildman–Crippen LogP) is 3.71. The number of benzene rings is 2. The fraction of sp³-hybridized carbons (Fsp3) is 0.364. The molecule has 0 aliphatic carbocycles. The standard InChI is InChI=1S/C22H27N3O4/c1-15(2)16-5-7-17(8-6-16)23-21(26)14-24-11-12-25(22(24)27)19-13-18(28-3)9-10-20(19)29-4/h5-10,13,15H,11-12,14H2,1-4H3,(H,23,26). The SMILES string of the molecule is COc1ccc(OC)c(N2CCN(CC(=O)Nc3ccc(C(C)C)cc3)C2=O)c1. The number of rotatable bonds is 7. The van der Waals surface area contributed by atoms with E-state index >= 15 is 0 Å². The van der Waals surface area contributed by atoms with Gasteiger partial charge < -0.3 is 19.7 Å². The number of methoxy groups -OCH3 is 2. The van der Waals surface area contributed by atoms with Crippen LogP contribution in [0.1, 0.15) is 25.3 Å². The molecule has 1 fully saturated rings. The summed E-state index contributed by atoms with van der Waals surface area (Å²) in [7, 11) is 3.13. The quantitative estimate of drug-likeness (QED) is 0.773. The molecule has 0 aromatic heterocycles. The third kappa shape index (κ3) is 4.62. The van der Waals surface area contributed by atoms with Crippen LogP contribution in [0.25, 0.3) is 0 Å². The van der Waals surface area contributed by atoms with Crippen LogP contribution in [0.2, 0.25) is 0 Å². The molecule has 7 heteroatoms. The molecule has 0 bridgehead atoms. The van der Waals surface area contributed by atoms with E-state index in [1.165, 1.54) is 10.5 Å². The van der Waals surface area contributed by atoms with Crippen molar-refractivity contribution in [2.75, 3.05) is 44.1 Å². The first-order chi connectivity index (χ1) is 13.9. The van der Waals surface area contributed by atoms with Crippen molar-refractivity contribution in [1.82, 2.24) is 4.90 Å². The molecule has 2 aromatic rings. The molecular weight excluding hydrogens is 370 g/mol. The van der Waals surface area contributed by atoms with Gasteiger partial charge in [-0.05, 0) is 35.7 Å². The number of hydrogen-bond donors (Lipinski definition) is 1. The van der Waals surface area contributed by atoms with Crippen LogP contribution >= 0.6 is 0 Å². The Balaban J connectivity index is 1.65. The van der Waals surface area contributed by atoms with Crippen LogP contribution in [0.5, 0.6) is 11.5 Å². The number of carbonyl (C=O) groups is 2. The van der Waals surface area contributed by atoms with Crippen molar-refractivity contribution in [3.63, 3.8) is 0 Å². The van der Waals surface area contributed by atoms with Gasteiger partial charge in [-0.3, -0.25) is 9.69 Å². The van der Waals surface area contributed by atoms with Gasteiger partial charge in [-0.15, -0.1) is 0 Å². The minimum atomic E-state index is -0.234. The zero-order chi connectivity index (χ0) is 21.0. The molecule has 1 aliphatic rings. The van der Waals surface area contributed by atoms with Gasteiger partial charge in [0, 0.05) is 24.8 Å². The molecule has 7 nitrogen and oxygen atoms in total. The van der Waals surface area contributed by atoms with E-state index in [9.17, 15) is 9.59 Å². The van der Waals surface area contributed by atoms with Gasteiger partial charge in [0.05, 0.1) is 19.9 Å². The second-order valence-electron chi connectivity index (χ2n) is 7.22. The molecule has 0 radical (unpaired) electrons. The van der Waals surface area contributed by atoms with Crippen molar-refractivity contribution in [3.05, 3.63) is 48.0 Å². The molecule has 1 heterocycles. The van der Waals surface area contributed by atoms with E-state index in [0.29, 0.717) is 36.2 Å². The van der Waals surface area contributed by atoms with Crippen LogP contribution in [0.15, 0.2) is 42.5 Å². The predicted molar refractivity (Wildman–Crippen MR) is 113 cm³/mol. The third-order valence-electron chi connectivity index (χ3n) is 4.97. The van der Waals surface area contributed by atoms with Crippen LogP contribution in [-0.4, -0.2) is 50.7 Å². The molecule has 29 heavy (non-hydrogen) atoms. The number of nitrogens with one attached hydrogen (secondary N) is 1. The van der Waals surface area contributed by atoms with Crippen LogP contribution in [0, 0.1) is 0 Å². The van der Waals surface area contributed by atoms with Crippen LogP contribution in [0.4, 0.5) is 16.2 Å². The molecular formula is C22H27N3O4. The summed E-state index contributed by atoms with van der Waals surface area (Å²) < 4.78 is 10.6. The van der Waals surface area contributed by atoms with Crippen LogP contribution in [-0.2, 0) is 4.79 Å². The lowest BCUT2D eigenvalue weighted by Crippen LogP contribution is -2.37. The molecule has 154 valence electrons. The Bertz CT molecular complexity index is 880. The van der Waals surface area contributed by atoms with Gasteiger partial charge in [-0.2, -0.15) is 0 Å². The first kappa shape index (κ1) is 20.5. The highest BCUT2D eigenvalue weighted by molar-refractivity contribution is 6.00. The summed E-state index contributed by atoms with van der Waals surface area (Å²) in [6.45, 7) is 5.16. The first-order valence-corrected chi connectivity index (χ1v) is 9.61. The van der Waals surface area contributed by atoms with E-state index in [-0.39, 0.29) is 18.5 Å². The fourth-order valence-corrected chi connectivity index (χ4v) is 3.29. The summed E-state index contributed by atoms with van der Waals surface area (Å²) in [5, 5.41) is 2.85. The highest BCUT2D eigenvalue weighted by Gasteiger charge is 2.32. The summed E-state index contributed by atoms with van der Waals surface area (Å²) in [5.74, 6) is 1.42. The van der Waals surface area contributed by atoms with E-state index in [1.54, 1.807) is 37.3 Å². The fourth-order valence-electron chi connectivity index (χ4n) is 3.29. The van der Waals surface area contributed by atoms with E-state index in [1.807, 2.05) is 24.3 Å². The Morgan fingerprint density at radius 1 is 1.07 bits per heavy atom. The Morgan fingerprint density at radius 3 is 2.41 bits per heavy atom. The average Bonchev–Trinajstić information content (AvgIpc) is 3.07. The van der Waals surface area contributed by atoms with Crippen molar-refractivity contribution in [1.29, 1.82) is 0 Å². The number of carbonyl (C=O) groups excluding carboxylic acids is 2. The van der Waals surface area contributed by atoms with E-state index in [0.717, 1.165) is 5.69 Å². The lowest BCUT2D eigenvalue weighted by Gasteiger charge is -2.21.